The Morgan fingerprint density at radius 2 is 1.77 bits per heavy atom. The summed E-state index contributed by atoms with van der Waals surface area (Å²) >= 11 is 0. The van der Waals surface area contributed by atoms with Crippen molar-refractivity contribution < 1.29 is 9.59 Å². The molecule has 0 radical (unpaired) electrons. The van der Waals surface area contributed by atoms with Crippen LogP contribution in [0.5, 0.6) is 0 Å². The number of nitrogens with zero attached hydrogens (tertiary/aromatic N) is 4. The summed E-state index contributed by atoms with van der Waals surface area (Å²) in [5.41, 5.74) is 1.50. The topological polar surface area (TPSA) is 58.4 Å². The van der Waals surface area contributed by atoms with Gasteiger partial charge in [0.25, 0.3) is 5.91 Å². The van der Waals surface area contributed by atoms with Crippen LogP contribution in [0.3, 0.4) is 0 Å². The summed E-state index contributed by atoms with van der Waals surface area (Å²) in [7, 11) is 0. The molecule has 6 heteroatoms. The van der Waals surface area contributed by atoms with Crippen molar-refractivity contribution in [3.8, 4) is 5.69 Å². The molecule has 22 heavy (non-hydrogen) atoms. The van der Waals surface area contributed by atoms with Crippen molar-refractivity contribution in [2.75, 3.05) is 26.2 Å². The van der Waals surface area contributed by atoms with Gasteiger partial charge in [-0.1, -0.05) is 6.07 Å². The van der Waals surface area contributed by atoms with E-state index in [2.05, 4.69) is 5.10 Å². The number of rotatable bonds is 2. The van der Waals surface area contributed by atoms with E-state index in [9.17, 15) is 9.59 Å². The predicted molar refractivity (Wildman–Crippen MR) is 81.7 cm³/mol. The molecular formula is C16H18N4O2. The van der Waals surface area contributed by atoms with Crippen LogP contribution in [0.15, 0.2) is 42.7 Å². The zero-order valence-electron chi connectivity index (χ0n) is 12.5. The van der Waals surface area contributed by atoms with E-state index in [4.69, 9.17) is 0 Å². The van der Waals surface area contributed by atoms with Gasteiger partial charge < -0.3 is 9.80 Å². The van der Waals surface area contributed by atoms with Crippen LogP contribution in [0, 0.1) is 0 Å². The maximum absolute atomic E-state index is 12.6. The highest BCUT2D eigenvalue weighted by Gasteiger charge is 2.23. The summed E-state index contributed by atoms with van der Waals surface area (Å²) in [4.78, 5) is 27.5. The molecule has 0 aliphatic carbocycles. The Morgan fingerprint density at radius 1 is 1.05 bits per heavy atom. The van der Waals surface area contributed by atoms with Gasteiger partial charge in [0.2, 0.25) is 5.91 Å². The Morgan fingerprint density at radius 3 is 2.41 bits per heavy atom. The molecule has 114 valence electrons. The van der Waals surface area contributed by atoms with Gasteiger partial charge in [0.15, 0.2) is 0 Å². The quantitative estimate of drug-likeness (QED) is 0.836. The molecular weight excluding hydrogens is 280 g/mol. The smallest absolute Gasteiger partial charge is 0.254 e. The Balaban J connectivity index is 1.73. The second-order valence-corrected chi connectivity index (χ2v) is 5.30. The molecule has 1 aliphatic rings. The van der Waals surface area contributed by atoms with Crippen LogP contribution in [0.4, 0.5) is 0 Å². The van der Waals surface area contributed by atoms with E-state index < -0.39 is 0 Å². The first-order chi connectivity index (χ1) is 10.6. The highest BCUT2D eigenvalue weighted by molar-refractivity contribution is 5.95. The number of carbonyl (C=O) groups excluding carboxylic acids is 2. The van der Waals surface area contributed by atoms with Crippen LogP contribution in [0.2, 0.25) is 0 Å². The maximum atomic E-state index is 12.6. The van der Waals surface area contributed by atoms with Gasteiger partial charge in [-0.25, -0.2) is 4.68 Å². The van der Waals surface area contributed by atoms with Crippen molar-refractivity contribution in [2.45, 2.75) is 6.92 Å². The summed E-state index contributed by atoms with van der Waals surface area (Å²) in [5.74, 6) is 0.0602. The minimum Gasteiger partial charge on any atom is -0.339 e. The number of amides is 2. The number of piperazine rings is 1. The number of hydrogen-bond acceptors (Lipinski definition) is 3. The van der Waals surface area contributed by atoms with E-state index in [-0.39, 0.29) is 11.8 Å². The highest BCUT2D eigenvalue weighted by Crippen LogP contribution is 2.13. The molecule has 2 amide bonds. The molecule has 6 nitrogen and oxygen atoms in total. The molecule has 1 fully saturated rings. The summed E-state index contributed by atoms with van der Waals surface area (Å²) in [6, 6.07) is 9.27. The maximum Gasteiger partial charge on any atom is 0.254 e. The first-order valence-electron chi connectivity index (χ1n) is 7.30. The summed E-state index contributed by atoms with van der Waals surface area (Å²) in [6.45, 7) is 3.90. The molecule has 2 aromatic rings. The van der Waals surface area contributed by atoms with Gasteiger partial charge in [-0.15, -0.1) is 0 Å². The lowest BCUT2D eigenvalue weighted by molar-refractivity contribution is -0.130. The third-order valence-corrected chi connectivity index (χ3v) is 3.87. The van der Waals surface area contributed by atoms with E-state index in [1.54, 1.807) is 27.6 Å². The largest absolute Gasteiger partial charge is 0.339 e. The fourth-order valence-electron chi connectivity index (χ4n) is 2.61. The van der Waals surface area contributed by atoms with Crippen molar-refractivity contribution in [3.63, 3.8) is 0 Å². The normalized spacial score (nSPS) is 15.0. The van der Waals surface area contributed by atoms with Crippen molar-refractivity contribution >= 4 is 11.8 Å². The van der Waals surface area contributed by atoms with Gasteiger partial charge in [0.1, 0.15) is 0 Å². The molecule has 1 aromatic heterocycles. The second-order valence-electron chi connectivity index (χ2n) is 5.30. The van der Waals surface area contributed by atoms with Gasteiger partial charge in [-0.05, 0) is 24.3 Å². The first kappa shape index (κ1) is 14.3. The van der Waals surface area contributed by atoms with Crippen molar-refractivity contribution in [3.05, 3.63) is 48.3 Å². The third kappa shape index (κ3) is 2.86. The van der Waals surface area contributed by atoms with Gasteiger partial charge >= 0.3 is 0 Å². The van der Waals surface area contributed by atoms with Crippen LogP contribution in [-0.4, -0.2) is 57.6 Å². The lowest BCUT2D eigenvalue weighted by Crippen LogP contribution is -2.50. The fraction of sp³-hybridized carbons (Fsp3) is 0.312. The van der Waals surface area contributed by atoms with Crippen LogP contribution in [-0.2, 0) is 4.79 Å². The Hall–Kier alpha value is -2.63. The lowest BCUT2D eigenvalue weighted by Gasteiger charge is -2.34. The molecule has 0 spiro atoms. The summed E-state index contributed by atoms with van der Waals surface area (Å²) in [5, 5.41) is 4.18. The van der Waals surface area contributed by atoms with Crippen LogP contribution in [0.1, 0.15) is 17.3 Å². The van der Waals surface area contributed by atoms with Crippen LogP contribution < -0.4 is 0 Å². The minimum absolute atomic E-state index is 0.00259. The van der Waals surface area contributed by atoms with Gasteiger partial charge in [0.05, 0.1) is 5.69 Å². The van der Waals surface area contributed by atoms with Gasteiger partial charge in [-0.2, -0.15) is 5.10 Å². The molecule has 2 heterocycles. The van der Waals surface area contributed by atoms with Gasteiger partial charge in [-0.3, -0.25) is 9.59 Å². The molecule has 0 saturated carbocycles. The van der Waals surface area contributed by atoms with Gasteiger partial charge in [0, 0.05) is 51.1 Å². The zero-order valence-corrected chi connectivity index (χ0v) is 12.5. The molecule has 1 saturated heterocycles. The van der Waals surface area contributed by atoms with E-state index in [1.807, 2.05) is 36.5 Å². The van der Waals surface area contributed by atoms with Crippen LogP contribution in [0.25, 0.3) is 5.69 Å². The Kier molecular flexibility index (Phi) is 3.91. The van der Waals surface area contributed by atoms with Crippen molar-refractivity contribution in [1.82, 2.24) is 19.6 Å². The van der Waals surface area contributed by atoms with E-state index in [0.29, 0.717) is 31.7 Å². The SMILES string of the molecule is CC(=O)N1CCN(C(=O)c2cccc(-n3cccn3)c2)CC1. The average molecular weight is 298 g/mol. The predicted octanol–water partition coefficient (Wildman–Crippen LogP) is 1.18. The van der Waals surface area contributed by atoms with Crippen LogP contribution >= 0.6 is 0 Å². The molecule has 1 aromatic carbocycles. The lowest BCUT2D eigenvalue weighted by atomic mass is 10.1. The molecule has 1 aliphatic heterocycles. The number of benzene rings is 1. The molecule has 0 bridgehead atoms. The Bertz CT molecular complexity index is 673. The summed E-state index contributed by atoms with van der Waals surface area (Å²) < 4.78 is 1.73. The van der Waals surface area contributed by atoms with Crippen molar-refractivity contribution in [2.24, 2.45) is 0 Å². The fourth-order valence-corrected chi connectivity index (χ4v) is 2.61. The number of carbonyl (C=O) groups is 2. The third-order valence-electron chi connectivity index (χ3n) is 3.87. The minimum atomic E-state index is -0.00259. The standard InChI is InChI=1S/C16H18N4O2/c1-13(21)18-8-10-19(11-9-18)16(22)14-4-2-5-15(12-14)20-7-3-6-17-20/h2-7,12H,8-11H2,1H3. The van der Waals surface area contributed by atoms with E-state index in [1.165, 1.54) is 0 Å². The molecule has 0 unspecified atom stereocenters. The zero-order chi connectivity index (χ0) is 15.5. The molecule has 3 rings (SSSR count). The Labute approximate surface area is 128 Å². The summed E-state index contributed by atoms with van der Waals surface area (Å²) in [6.07, 6.45) is 3.55. The second kappa shape index (κ2) is 6.01. The van der Waals surface area contributed by atoms with E-state index >= 15 is 0 Å². The molecule has 0 atom stereocenters. The number of aromatic nitrogens is 2. The van der Waals surface area contributed by atoms with Crippen molar-refractivity contribution in [1.29, 1.82) is 0 Å². The highest BCUT2D eigenvalue weighted by atomic mass is 16.2. The first-order valence-corrected chi connectivity index (χ1v) is 7.30. The average Bonchev–Trinajstić information content (AvgIpc) is 3.09. The van der Waals surface area contributed by atoms with E-state index in [0.717, 1.165) is 5.69 Å². The molecule has 0 N–H and O–H groups in total. The monoisotopic (exact) mass is 298 g/mol. The number of hydrogen-bond donors (Lipinski definition) is 0.